The summed E-state index contributed by atoms with van der Waals surface area (Å²) in [6.45, 7) is 5.99. The third-order valence-electron chi connectivity index (χ3n) is 7.10. The van der Waals surface area contributed by atoms with Crippen molar-refractivity contribution in [3.05, 3.63) is 123 Å². The van der Waals surface area contributed by atoms with E-state index in [-0.39, 0.29) is 35.4 Å². The van der Waals surface area contributed by atoms with Crippen molar-refractivity contribution in [2.24, 2.45) is 0 Å². The molecule has 178 valence electrons. The number of rotatable bonds is 4. The molecule has 2 aliphatic rings. The zero-order valence-corrected chi connectivity index (χ0v) is 19.5. The summed E-state index contributed by atoms with van der Waals surface area (Å²) in [4.78, 5) is 45.0. The predicted octanol–water partition coefficient (Wildman–Crippen LogP) is 4.67. The number of halogens is 1. The quantitative estimate of drug-likeness (QED) is 0.398. The maximum atomic E-state index is 14.5. The van der Waals surface area contributed by atoms with E-state index in [4.69, 9.17) is 4.42 Å². The van der Waals surface area contributed by atoms with Crippen LogP contribution in [0.5, 0.6) is 0 Å². The Morgan fingerprint density at radius 2 is 1.78 bits per heavy atom. The maximum Gasteiger partial charge on any atom is 0.291 e. The van der Waals surface area contributed by atoms with E-state index in [1.54, 1.807) is 23.1 Å². The lowest BCUT2D eigenvalue weighted by Gasteiger charge is -2.33. The molecule has 0 saturated carbocycles. The van der Waals surface area contributed by atoms with E-state index < -0.39 is 28.6 Å². The SMILES string of the molecule is C=CCN1C(=O)c2oc3ccc(F)cc3c(=O)c2C12C(=O)N(Cc1ccccc1C)c1ccccc12. The third-order valence-corrected chi connectivity index (χ3v) is 7.10. The van der Waals surface area contributed by atoms with Crippen molar-refractivity contribution < 1.29 is 18.4 Å². The highest BCUT2D eigenvalue weighted by Gasteiger charge is 2.64. The molecule has 0 radical (unpaired) electrons. The molecule has 6 rings (SSSR count). The molecule has 0 aliphatic carbocycles. The Balaban J connectivity index is 1.67. The van der Waals surface area contributed by atoms with Crippen LogP contribution in [-0.2, 0) is 16.9 Å². The lowest BCUT2D eigenvalue weighted by molar-refractivity contribution is -0.126. The molecule has 36 heavy (non-hydrogen) atoms. The molecular weight excluding hydrogens is 459 g/mol. The number of nitrogens with zero attached hydrogens (tertiary/aromatic N) is 2. The minimum atomic E-state index is -1.75. The van der Waals surface area contributed by atoms with Gasteiger partial charge in [-0.3, -0.25) is 14.4 Å². The minimum Gasteiger partial charge on any atom is -0.450 e. The smallest absolute Gasteiger partial charge is 0.291 e. The van der Waals surface area contributed by atoms with Crippen LogP contribution in [0.1, 0.15) is 32.8 Å². The summed E-state index contributed by atoms with van der Waals surface area (Å²) in [5, 5.41) is -0.0241. The standard InChI is InChI=1S/C29H21FN2O4/c1-3-14-32-27(34)26-24(25(33)20-15-19(30)12-13-23(20)36-26)29(32)21-10-6-7-11-22(21)31(28(29)35)16-18-9-5-4-8-17(18)2/h3-13,15H,1,14,16H2,2H3. The van der Waals surface area contributed by atoms with E-state index in [0.29, 0.717) is 11.3 Å². The summed E-state index contributed by atoms with van der Waals surface area (Å²) in [6, 6.07) is 18.4. The Labute approximate surface area is 205 Å². The molecule has 2 aliphatic heterocycles. The number of carbonyl (C=O) groups is 2. The Kier molecular flexibility index (Phi) is 4.73. The van der Waals surface area contributed by atoms with E-state index in [0.717, 1.165) is 23.3 Å². The Morgan fingerprint density at radius 1 is 1.03 bits per heavy atom. The van der Waals surface area contributed by atoms with Gasteiger partial charge in [-0.05, 0) is 42.3 Å². The molecular formula is C29H21FN2O4. The molecule has 0 N–H and O–H groups in total. The fourth-order valence-electron chi connectivity index (χ4n) is 5.46. The molecule has 1 atom stereocenters. The Bertz CT molecular complexity index is 1670. The topological polar surface area (TPSA) is 70.8 Å². The molecule has 1 unspecified atom stereocenters. The summed E-state index contributed by atoms with van der Waals surface area (Å²) in [7, 11) is 0. The van der Waals surface area contributed by atoms with E-state index in [1.165, 1.54) is 17.0 Å². The normalized spacial score (nSPS) is 18.3. The first kappa shape index (κ1) is 22.0. The van der Waals surface area contributed by atoms with Gasteiger partial charge in [0.2, 0.25) is 5.76 Å². The van der Waals surface area contributed by atoms with Gasteiger partial charge in [-0.25, -0.2) is 4.39 Å². The van der Waals surface area contributed by atoms with Crippen LogP contribution < -0.4 is 10.3 Å². The number of aryl methyl sites for hydroxylation is 1. The number of benzene rings is 3. The number of anilines is 1. The van der Waals surface area contributed by atoms with Gasteiger partial charge in [0.15, 0.2) is 11.0 Å². The van der Waals surface area contributed by atoms with E-state index >= 15 is 0 Å². The van der Waals surface area contributed by atoms with Gasteiger partial charge in [0.1, 0.15) is 11.4 Å². The van der Waals surface area contributed by atoms with Crippen LogP contribution in [-0.4, -0.2) is 23.3 Å². The Hall–Kier alpha value is -4.52. The van der Waals surface area contributed by atoms with Gasteiger partial charge in [0.05, 0.1) is 23.2 Å². The number of para-hydroxylation sites is 1. The molecule has 1 spiro atoms. The Morgan fingerprint density at radius 3 is 2.56 bits per heavy atom. The van der Waals surface area contributed by atoms with Crippen molar-refractivity contribution in [1.82, 2.24) is 4.90 Å². The second-order valence-electron chi connectivity index (χ2n) is 9.03. The highest BCUT2D eigenvalue weighted by atomic mass is 19.1. The van der Waals surface area contributed by atoms with Crippen molar-refractivity contribution in [2.45, 2.75) is 19.0 Å². The summed E-state index contributed by atoms with van der Waals surface area (Å²) in [6.07, 6.45) is 1.51. The fraction of sp³-hybridized carbons (Fsp3) is 0.138. The lowest BCUT2D eigenvalue weighted by Crippen LogP contribution is -2.53. The molecule has 3 aromatic carbocycles. The fourth-order valence-corrected chi connectivity index (χ4v) is 5.46. The van der Waals surface area contributed by atoms with Crippen LogP contribution >= 0.6 is 0 Å². The van der Waals surface area contributed by atoms with Crippen molar-refractivity contribution in [2.75, 3.05) is 11.4 Å². The first-order valence-electron chi connectivity index (χ1n) is 11.5. The molecule has 3 heterocycles. The average molecular weight is 480 g/mol. The van der Waals surface area contributed by atoms with Gasteiger partial charge in [0, 0.05) is 12.1 Å². The average Bonchev–Trinajstić information content (AvgIpc) is 3.26. The van der Waals surface area contributed by atoms with Gasteiger partial charge in [-0.1, -0.05) is 48.5 Å². The summed E-state index contributed by atoms with van der Waals surface area (Å²) >= 11 is 0. The largest absolute Gasteiger partial charge is 0.450 e. The van der Waals surface area contributed by atoms with E-state index in [1.807, 2.05) is 37.3 Å². The monoisotopic (exact) mass is 480 g/mol. The number of fused-ring (bicyclic) bond motifs is 5. The van der Waals surface area contributed by atoms with Gasteiger partial charge < -0.3 is 14.2 Å². The second kappa shape index (κ2) is 7.75. The van der Waals surface area contributed by atoms with Gasteiger partial charge in [0.25, 0.3) is 11.8 Å². The summed E-state index contributed by atoms with van der Waals surface area (Å²) in [5.41, 5.74) is 0.685. The molecule has 0 fully saturated rings. The highest BCUT2D eigenvalue weighted by Crippen LogP contribution is 2.52. The third kappa shape index (κ3) is 2.74. The van der Waals surface area contributed by atoms with Gasteiger partial charge >= 0.3 is 0 Å². The molecule has 1 aromatic heterocycles. The second-order valence-corrected chi connectivity index (χ2v) is 9.03. The molecule has 6 nitrogen and oxygen atoms in total. The zero-order chi connectivity index (χ0) is 25.2. The number of amides is 2. The van der Waals surface area contributed by atoms with Gasteiger partial charge in [-0.2, -0.15) is 0 Å². The van der Waals surface area contributed by atoms with Crippen LogP contribution in [0.4, 0.5) is 10.1 Å². The zero-order valence-electron chi connectivity index (χ0n) is 19.5. The molecule has 0 saturated heterocycles. The lowest BCUT2D eigenvalue weighted by atomic mass is 9.84. The van der Waals surface area contributed by atoms with Crippen LogP contribution in [0.25, 0.3) is 11.0 Å². The van der Waals surface area contributed by atoms with Crippen molar-refractivity contribution in [3.8, 4) is 0 Å². The summed E-state index contributed by atoms with van der Waals surface area (Å²) in [5.74, 6) is -1.85. The predicted molar refractivity (Wildman–Crippen MR) is 133 cm³/mol. The number of hydrogen-bond acceptors (Lipinski definition) is 4. The molecule has 7 heteroatoms. The molecule has 2 amide bonds. The summed E-state index contributed by atoms with van der Waals surface area (Å²) < 4.78 is 20.0. The van der Waals surface area contributed by atoms with E-state index in [2.05, 4.69) is 6.58 Å². The number of carbonyl (C=O) groups excluding carboxylic acids is 2. The van der Waals surface area contributed by atoms with Crippen molar-refractivity contribution in [1.29, 1.82) is 0 Å². The van der Waals surface area contributed by atoms with Crippen LogP contribution in [0, 0.1) is 12.7 Å². The first-order valence-corrected chi connectivity index (χ1v) is 11.5. The van der Waals surface area contributed by atoms with Crippen LogP contribution in [0.15, 0.2) is 88.6 Å². The maximum absolute atomic E-state index is 14.5. The molecule has 0 bridgehead atoms. The van der Waals surface area contributed by atoms with Crippen LogP contribution in [0.2, 0.25) is 0 Å². The minimum absolute atomic E-state index is 0.00542. The van der Waals surface area contributed by atoms with E-state index in [9.17, 15) is 18.8 Å². The first-order chi connectivity index (χ1) is 17.4. The molecule has 4 aromatic rings. The number of hydrogen-bond donors (Lipinski definition) is 0. The van der Waals surface area contributed by atoms with Crippen LogP contribution in [0.3, 0.4) is 0 Å². The highest BCUT2D eigenvalue weighted by molar-refractivity contribution is 6.17. The van der Waals surface area contributed by atoms with Gasteiger partial charge in [-0.15, -0.1) is 6.58 Å². The van der Waals surface area contributed by atoms with Crippen molar-refractivity contribution >= 4 is 28.5 Å². The van der Waals surface area contributed by atoms with Crippen molar-refractivity contribution in [3.63, 3.8) is 0 Å².